The summed E-state index contributed by atoms with van der Waals surface area (Å²) in [5.74, 6) is 0.689. The van der Waals surface area contributed by atoms with Crippen molar-refractivity contribution in [3.63, 3.8) is 0 Å². The fourth-order valence-corrected chi connectivity index (χ4v) is 4.37. The average molecular weight is 412 g/mol. The molecular weight excluding hydrogens is 386 g/mol. The van der Waals surface area contributed by atoms with Crippen LogP contribution in [0.2, 0.25) is 5.02 Å². The maximum atomic E-state index is 12.9. The zero-order valence-corrected chi connectivity index (χ0v) is 17.3. The Morgan fingerprint density at radius 3 is 2.90 bits per heavy atom. The number of H-pyrrole nitrogens is 1. The summed E-state index contributed by atoms with van der Waals surface area (Å²) < 4.78 is 0. The molecule has 0 radical (unpaired) electrons. The summed E-state index contributed by atoms with van der Waals surface area (Å²) in [5, 5.41) is 8.08. The number of nitrogens with one attached hydrogen (secondary N) is 3. The van der Waals surface area contributed by atoms with E-state index in [-0.39, 0.29) is 17.9 Å². The van der Waals surface area contributed by atoms with Crippen LogP contribution in [0, 0.1) is 6.92 Å². The first kappa shape index (κ1) is 19.9. The van der Waals surface area contributed by atoms with E-state index in [1.54, 1.807) is 6.07 Å². The Labute approximate surface area is 175 Å². The highest BCUT2D eigenvalue weighted by Gasteiger charge is 2.26. The van der Waals surface area contributed by atoms with E-state index in [0.29, 0.717) is 17.1 Å². The van der Waals surface area contributed by atoms with Crippen LogP contribution in [0.4, 0.5) is 0 Å². The van der Waals surface area contributed by atoms with Gasteiger partial charge < -0.3 is 15.6 Å². The van der Waals surface area contributed by atoms with E-state index < -0.39 is 0 Å². The number of rotatable bonds is 5. The lowest BCUT2D eigenvalue weighted by molar-refractivity contribution is 0.0949. The van der Waals surface area contributed by atoms with Crippen molar-refractivity contribution < 1.29 is 4.79 Å². The number of nitrogens with zero attached hydrogens (tertiary/aromatic N) is 2. The summed E-state index contributed by atoms with van der Waals surface area (Å²) >= 11 is 6.48. The predicted molar refractivity (Wildman–Crippen MR) is 115 cm³/mol. The molecule has 1 aliphatic heterocycles. The molecular formula is C22H26ClN5O. The largest absolute Gasteiger partial charge is 0.361 e. The van der Waals surface area contributed by atoms with Gasteiger partial charge in [0.25, 0.3) is 5.91 Å². The molecule has 2 aromatic heterocycles. The molecule has 1 fully saturated rings. The highest BCUT2D eigenvalue weighted by molar-refractivity contribution is 6.38. The Hall–Kier alpha value is -2.44. The van der Waals surface area contributed by atoms with Crippen molar-refractivity contribution in [2.24, 2.45) is 0 Å². The van der Waals surface area contributed by atoms with Crippen LogP contribution in [0.1, 0.15) is 53.3 Å². The molecule has 3 N–H and O–H groups in total. The van der Waals surface area contributed by atoms with Gasteiger partial charge in [0.1, 0.15) is 5.82 Å². The summed E-state index contributed by atoms with van der Waals surface area (Å²) in [7, 11) is 0. The first-order chi connectivity index (χ1) is 14.1. The van der Waals surface area contributed by atoms with Crippen LogP contribution < -0.4 is 10.6 Å². The summed E-state index contributed by atoms with van der Waals surface area (Å²) in [6.45, 7) is 3.38. The van der Waals surface area contributed by atoms with Gasteiger partial charge in [-0.3, -0.25) is 4.79 Å². The number of carbonyl (C=O) groups is 1. The summed E-state index contributed by atoms with van der Waals surface area (Å²) in [6, 6.07) is 5.82. The SMILES string of the molecule is Cc1ncc(C(CNC(=O)c2ccc3[nH]ccc3c2Cl)C2CCCCCN2)cn1. The quantitative estimate of drug-likeness (QED) is 0.593. The molecule has 29 heavy (non-hydrogen) atoms. The normalized spacial score (nSPS) is 18.3. The van der Waals surface area contributed by atoms with Crippen LogP contribution in [-0.2, 0) is 0 Å². The topological polar surface area (TPSA) is 82.7 Å². The summed E-state index contributed by atoms with van der Waals surface area (Å²) in [5.41, 5.74) is 2.46. The lowest BCUT2D eigenvalue weighted by Crippen LogP contribution is -2.40. The molecule has 3 aromatic rings. The van der Waals surface area contributed by atoms with E-state index >= 15 is 0 Å². The second kappa shape index (κ2) is 8.93. The monoisotopic (exact) mass is 411 g/mol. The van der Waals surface area contributed by atoms with Crippen molar-refractivity contribution in [2.75, 3.05) is 13.1 Å². The molecule has 1 saturated heterocycles. The first-order valence-corrected chi connectivity index (χ1v) is 10.6. The highest BCUT2D eigenvalue weighted by Crippen LogP contribution is 2.28. The van der Waals surface area contributed by atoms with Crippen molar-refractivity contribution >= 4 is 28.4 Å². The van der Waals surface area contributed by atoms with Crippen molar-refractivity contribution in [1.29, 1.82) is 0 Å². The van der Waals surface area contributed by atoms with Crippen molar-refractivity contribution in [3.8, 4) is 0 Å². The van der Waals surface area contributed by atoms with E-state index in [4.69, 9.17) is 11.6 Å². The number of halogens is 1. The summed E-state index contributed by atoms with van der Waals surface area (Å²) in [4.78, 5) is 24.8. The lowest BCUT2D eigenvalue weighted by atomic mass is 9.90. The van der Waals surface area contributed by atoms with E-state index in [1.807, 2.05) is 37.6 Å². The van der Waals surface area contributed by atoms with Crippen LogP contribution in [0.5, 0.6) is 0 Å². The van der Waals surface area contributed by atoms with Crippen molar-refractivity contribution in [1.82, 2.24) is 25.6 Å². The van der Waals surface area contributed by atoms with Gasteiger partial charge in [0.05, 0.1) is 10.6 Å². The third-order valence-electron chi connectivity index (χ3n) is 5.71. The third-order valence-corrected chi connectivity index (χ3v) is 6.12. The maximum Gasteiger partial charge on any atom is 0.252 e. The standard InChI is InChI=1S/C22H26ClN5O/c1-14-26-11-15(12-27-14)18(19-5-3-2-4-9-24-19)13-28-22(29)17-6-7-20-16(21(17)23)8-10-25-20/h6-8,10-12,18-19,24-25H,2-5,9,13H2,1H3,(H,28,29). The van der Waals surface area contributed by atoms with Crippen LogP contribution >= 0.6 is 11.6 Å². The van der Waals surface area contributed by atoms with Gasteiger partial charge in [-0.05, 0) is 50.1 Å². The van der Waals surface area contributed by atoms with E-state index in [2.05, 4.69) is 25.6 Å². The molecule has 1 aliphatic rings. The Bertz CT molecular complexity index is 977. The summed E-state index contributed by atoms with van der Waals surface area (Å²) in [6.07, 6.45) is 10.3. The van der Waals surface area contributed by atoms with Gasteiger partial charge in [0.2, 0.25) is 0 Å². The third kappa shape index (κ3) is 4.43. The minimum absolute atomic E-state index is 0.104. The van der Waals surface area contributed by atoms with Crippen molar-refractivity contribution in [3.05, 3.63) is 58.8 Å². The fourth-order valence-electron chi connectivity index (χ4n) is 4.06. The molecule has 3 heterocycles. The van der Waals surface area contributed by atoms with E-state index in [1.165, 1.54) is 19.3 Å². The lowest BCUT2D eigenvalue weighted by Gasteiger charge is -2.27. The van der Waals surface area contributed by atoms with Gasteiger partial charge in [0.15, 0.2) is 0 Å². The Morgan fingerprint density at radius 1 is 1.24 bits per heavy atom. The van der Waals surface area contributed by atoms with Gasteiger partial charge in [-0.2, -0.15) is 0 Å². The van der Waals surface area contributed by atoms with E-state index in [0.717, 1.165) is 35.3 Å². The minimum Gasteiger partial charge on any atom is -0.361 e. The second-order valence-electron chi connectivity index (χ2n) is 7.66. The van der Waals surface area contributed by atoms with Crippen LogP contribution in [0.25, 0.3) is 10.9 Å². The van der Waals surface area contributed by atoms with E-state index in [9.17, 15) is 4.79 Å². The first-order valence-electron chi connectivity index (χ1n) is 10.2. The highest BCUT2D eigenvalue weighted by atomic mass is 35.5. The predicted octanol–water partition coefficient (Wildman–Crippen LogP) is 3.97. The van der Waals surface area contributed by atoms with Crippen LogP contribution in [-0.4, -0.2) is 40.0 Å². The molecule has 1 aromatic carbocycles. The second-order valence-corrected chi connectivity index (χ2v) is 8.03. The molecule has 0 spiro atoms. The average Bonchev–Trinajstić information content (AvgIpc) is 3.05. The zero-order chi connectivity index (χ0) is 20.2. The molecule has 0 aliphatic carbocycles. The molecule has 1 amide bonds. The number of aromatic amines is 1. The maximum absolute atomic E-state index is 12.9. The molecule has 0 bridgehead atoms. The van der Waals surface area contributed by atoms with Gasteiger partial charge in [0, 0.05) is 48.0 Å². The number of fused-ring (bicyclic) bond motifs is 1. The molecule has 152 valence electrons. The van der Waals surface area contributed by atoms with Gasteiger partial charge in [-0.25, -0.2) is 9.97 Å². The number of hydrogen-bond donors (Lipinski definition) is 3. The van der Waals surface area contributed by atoms with Crippen molar-refractivity contribution in [2.45, 2.75) is 44.6 Å². The molecule has 4 rings (SSSR count). The van der Waals surface area contributed by atoms with Gasteiger partial charge in [-0.15, -0.1) is 0 Å². The zero-order valence-electron chi connectivity index (χ0n) is 16.5. The number of carbonyl (C=O) groups excluding carboxylic acids is 1. The van der Waals surface area contributed by atoms with Gasteiger partial charge in [-0.1, -0.05) is 24.4 Å². The Balaban J connectivity index is 1.54. The Kier molecular flexibility index (Phi) is 6.11. The molecule has 6 nitrogen and oxygen atoms in total. The molecule has 0 saturated carbocycles. The Morgan fingerprint density at radius 2 is 2.07 bits per heavy atom. The van der Waals surface area contributed by atoms with Gasteiger partial charge >= 0.3 is 0 Å². The smallest absolute Gasteiger partial charge is 0.252 e. The number of aryl methyl sites for hydroxylation is 1. The molecule has 7 heteroatoms. The van der Waals surface area contributed by atoms with Crippen LogP contribution in [0.3, 0.4) is 0 Å². The number of aromatic nitrogens is 3. The number of hydrogen-bond acceptors (Lipinski definition) is 4. The molecule has 2 unspecified atom stereocenters. The number of amides is 1. The van der Waals surface area contributed by atoms with Crippen LogP contribution in [0.15, 0.2) is 36.8 Å². The molecule has 2 atom stereocenters. The minimum atomic E-state index is -0.162. The number of benzene rings is 1. The fraction of sp³-hybridized carbons (Fsp3) is 0.409.